The molecule has 0 spiro atoms. The molecule has 0 amide bonds. The summed E-state index contributed by atoms with van der Waals surface area (Å²) in [7, 11) is 0. The van der Waals surface area contributed by atoms with Crippen molar-refractivity contribution in [2.45, 2.75) is 78.7 Å². The summed E-state index contributed by atoms with van der Waals surface area (Å²) in [5.74, 6) is 2.29. The van der Waals surface area contributed by atoms with Crippen LogP contribution in [0, 0.1) is 26.8 Å². The van der Waals surface area contributed by atoms with Gasteiger partial charge in [-0.15, -0.1) is 0 Å². The number of hydrogen-bond acceptors (Lipinski definition) is 4. The van der Waals surface area contributed by atoms with E-state index < -0.39 is 5.60 Å². The third kappa shape index (κ3) is 4.97. The lowest BCUT2D eigenvalue weighted by Crippen LogP contribution is -2.42. The molecule has 1 radical (unpaired) electrons. The van der Waals surface area contributed by atoms with Crippen LogP contribution in [0.15, 0.2) is 24.3 Å². The summed E-state index contributed by atoms with van der Waals surface area (Å²) in [6.07, 6.45) is 5.18. The zero-order valence-corrected chi connectivity index (χ0v) is 18.9. The molecule has 0 aliphatic carbocycles. The van der Waals surface area contributed by atoms with Crippen LogP contribution >= 0.6 is 0 Å². The van der Waals surface area contributed by atoms with Crippen molar-refractivity contribution < 1.29 is 19.0 Å². The number of ether oxygens (including phenoxy) is 3. The van der Waals surface area contributed by atoms with E-state index in [1.807, 2.05) is 45.0 Å². The molecule has 0 saturated heterocycles. The van der Waals surface area contributed by atoms with E-state index >= 15 is 0 Å². The molecule has 161 valence electrons. The summed E-state index contributed by atoms with van der Waals surface area (Å²) < 4.78 is 18.3. The monoisotopic (exact) mass is 409 g/mol. The number of carbonyl (C=O) groups excluding carboxylic acids is 1. The van der Waals surface area contributed by atoms with Crippen molar-refractivity contribution in [1.29, 1.82) is 0 Å². The normalized spacial score (nSPS) is 17.8. The lowest BCUT2D eigenvalue weighted by atomic mass is 9.87. The summed E-state index contributed by atoms with van der Waals surface area (Å²) in [5, 5.41) is 0. The Bertz CT molecular complexity index is 888. The van der Waals surface area contributed by atoms with Crippen LogP contribution in [0.4, 0.5) is 0 Å². The summed E-state index contributed by atoms with van der Waals surface area (Å²) >= 11 is 0. The predicted molar refractivity (Wildman–Crippen MR) is 119 cm³/mol. The van der Waals surface area contributed by atoms with Gasteiger partial charge in [-0.25, -0.2) is 0 Å². The number of unbranched alkanes of at least 4 members (excludes halogenated alkanes) is 2. The van der Waals surface area contributed by atoms with Crippen molar-refractivity contribution in [3.05, 3.63) is 52.6 Å². The van der Waals surface area contributed by atoms with Crippen molar-refractivity contribution in [1.82, 2.24) is 0 Å². The van der Waals surface area contributed by atoms with Gasteiger partial charge in [-0.05, 0) is 81.8 Å². The molecule has 1 aliphatic rings. The zero-order valence-electron chi connectivity index (χ0n) is 18.9. The van der Waals surface area contributed by atoms with Gasteiger partial charge in [0.05, 0.1) is 0 Å². The van der Waals surface area contributed by atoms with Gasteiger partial charge in [-0.1, -0.05) is 31.9 Å². The minimum Gasteiger partial charge on any atom is -0.489 e. The third-order valence-corrected chi connectivity index (χ3v) is 6.00. The molecule has 0 aromatic heterocycles. The van der Waals surface area contributed by atoms with Gasteiger partial charge in [0.25, 0.3) is 0 Å². The van der Waals surface area contributed by atoms with E-state index in [4.69, 9.17) is 14.2 Å². The van der Waals surface area contributed by atoms with Crippen molar-refractivity contribution in [3.8, 4) is 17.2 Å². The maximum Gasteiger partial charge on any atom is 0.311 e. The molecule has 0 saturated carbocycles. The Balaban J connectivity index is 1.77. The van der Waals surface area contributed by atoms with Gasteiger partial charge in [0, 0.05) is 12.0 Å². The molecule has 4 heteroatoms. The van der Waals surface area contributed by atoms with E-state index in [1.54, 1.807) is 0 Å². The maximum absolute atomic E-state index is 12.3. The minimum atomic E-state index is -0.408. The van der Waals surface area contributed by atoms with Crippen LogP contribution in [-0.2, 0) is 11.2 Å². The Morgan fingerprint density at radius 2 is 1.87 bits per heavy atom. The lowest BCUT2D eigenvalue weighted by molar-refractivity contribution is -0.134. The largest absolute Gasteiger partial charge is 0.489 e. The van der Waals surface area contributed by atoms with Crippen LogP contribution in [-0.4, -0.2) is 18.2 Å². The van der Waals surface area contributed by atoms with Gasteiger partial charge in [-0.2, -0.15) is 0 Å². The van der Waals surface area contributed by atoms with Crippen LogP contribution < -0.4 is 14.2 Å². The Morgan fingerprint density at radius 3 is 2.57 bits per heavy atom. The number of rotatable bonds is 8. The van der Waals surface area contributed by atoms with E-state index in [9.17, 15) is 4.79 Å². The molecule has 2 aromatic carbocycles. The van der Waals surface area contributed by atoms with Gasteiger partial charge in [-0.3, -0.25) is 4.79 Å². The first kappa shape index (κ1) is 22.2. The molecule has 4 nitrogen and oxygen atoms in total. The fraction of sp³-hybridized carbons (Fsp3) is 0.500. The van der Waals surface area contributed by atoms with Gasteiger partial charge < -0.3 is 14.2 Å². The zero-order chi connectivity index (χ0) is 21.7. The predicted octanol–water partition coefficient (Wildman–Crippen LogP) is 6.06. The molecule has 1 atom stereocenters. The number of benzene rings is 2. The first-order chi connectivity index (χ1) is 14.3. The van der Waals surface area contributed by atoms with Crippen LogP contribution in [0.25, 0.3) is 0 Å². The Kier molecular flexibility index (Phi) is 7.06. The quantitative estimate of drug-likeness (QED) is 0.302. The second kappa shape index (κ2) is 9.55. The van der Waals surface area contributed by atoms with Gasteiger partial charge >= 0.3 is 5.97 Å². The van der Waals surface area contributed by atoms with E-state index in [0.717, 1.165) is 65.9 Å². The van der Waals surface area contributed by atoms with E-state index in [2.05, 4.69) is 19.9 Å². The van der Waals surface area contributed by atoms with Crippen molar-refractivity contribution in [3.63, 3.8) is 0 Å². The standard InChI is InChI=1S/C26H33O4/c1-6-7-9-14-23(27)29-24-18(2)19(3)25-22(20(24)4)15-16-26(5,30-25)17-28-21-12-10-8-11-13-21/h10-13H,6-7,9,14-17H2,1-5H3. The molecule has 0 fully saturated rings. The summed E-state index contributed by atoms with van der Waals surface area (Å²) in [5.41, 5.74) is 3.75. The first-order valence-electron chi connectivity index (χ1n) is 11.0. The van der Waals surface area contributed by atoms with Crippen LogP contribution in [0.2, 0.25) is 0 Å². The maximum atomic E-state index is 12.3. The molecule has 0 N–H and O–H groups in total. The van der Waals surface area contributed by atoms with E-state index in [1.165, 1.54) is 0 Å². The highest BCUT2D eigenvalue weighted by Gasteiger charge is 2.35. The smallest absolute Gasteiger partial charge is 0.311 e. The van der Waals surface area contributed by atoms with Crippen molar-refractivity contribution in [2.75, 3.05) is 6.61 Å². The molecule has 0 bridgehead atoms. The number of esters is 1. The van der Waals surface area contributed by atoms with Gasteiger partial charge in [0.2, 0.25) is 0 Å². The van der Waals surface area contributed by atoms with E-state index in [0.29, 0.717) is 18.8 Å². The summed E-state index contributed by atoms with van der Waals surface area (Å²) in [4.78, 5) is 12.3. The number of fused-ring (bicyclic) bond motifs is 1. The molecule has 30 heavy (non-hydrogen) atoms. The molecule has 2 aromatic rings. The summed E-state index contributed by atoms with van der Waals surface area (Å²) in [6, 6.07) is 10.5. The molecule has 3 rings (SSSR count). The highest BCUT2D eigenvalue weighted by molar-refractivity contribution is 5.74. The summed E-state index contributed by atoms with van der Waals surface area (Å²) in [6.45, 7) is 10.8. The average molecular weight is 410 g/mol. The van der Waals surface area contributed by atoms with Gasteiger partial charge in [0.1, 0.15) is 29.5 Å². The Hall–Kier alpha value is -2.49. The Morgan fingerprint density at radius 1 is 1.13 bits per heavy atom. The fourth-order valence-corrected chi connectivity index (χ4v) is 3.92. The fourth-order valence-electron chi connectivity index (χ4n) is 3.92. The van der Waals surface area contributed by atoms with Crippen molar-refractivity contribution >= 4 is 5.97 Å². The highest BCUT2D eigenvalue weighted by atomic mass is 16.5. The van der Waals surface area contributed by atoms with Crippen LogP contribution in [0.3, 0.4) is 0 Å². The van der Waals surface area contributed by atoms with Crippen LogP contribution in [0.1, 0.15) is 68.2 Å². The molecular formula is C26H33O4. The highest BCUT2D eigenvalue weighted by Crippen LogP contribution is 2.44. The SMILES string of the molecule is CCCCCC(=O)Oc1c(C)c(C)c2c(c1C)CCC(C)(COc1cc[c]cc1)O2. The third-order valence-electron chi connectivity index (χ3n) is 6.00. The van der Waals surface area contributed by atoms with E-state index in [-0.39, 0.29) is 5.97 Å². The average Bonchev–Trinajstić information content (AvgIpc) is 2.75. The number of carbonyl (C=O) groups is 1. The van der Waals surface area contributed by atoms with Gasteiger partial charge in [0.15, 0.2) is 0 Å². The van der Waals surface area contributed by atoms with Crippen molar-refractivity contribution in [2.24, 2.45) is 0 Å². The lowest BCUT2D eigenvalue weighted by Gasteiger charge is -2.37. The molecule has 1 heterocycles. The topological polar surface area (TPSA) is 44.8 Å². The second-order valence-electron chi connectivity index (χ2n) is 8.52. The minimum absolute atomic E-state index is 0.149. The van der Waals surface area contributed by atoms with Crippen LogP contribution in [0.5, 0.6) is 17.2 Å². The Labute approximate surface area is 180 Å². The molecule has 1 aliphatic heterocycles. The number of hydrogen-bond donors (Lipinski definition) is 0. The first-order valence-corrected chi connectivity index (χ1v) is 11.0. The molecule has 1 unspecified atom stereocenters. The second-order valence-corrected chi connectivity index (χ2v) is 8.52. The molecular weight excluding hydrogens is 376 g/mol.